The Hall–Kier alpha value is -1.71. The van der Waals surface area contributed by atoms with Gasteiger partial charge in [0.15, 0.2) is 0 Å². The number of hydrogen-bond acceptors (Lipinski definition) is 13. The van der Waals surface area contributed by atoms with Crippen LogP contribution < -0.4 is 17.2 Å². The standard InChI is InChI=1S/C16H24N4O5.H5O10P3/c17-5-9-23-11-10-22-7-1-8-24-12-13-2-3-15(25-13)20-6-4-14(18)19-16(20)21;1-11(2,3)9-13(7,8)10-12(4,5)6/h4,6,13,15H,2-3,5,7,9-12,17H2,(H2,18,19,21);(H,7,8)(H2,1,2,3)(H2,4,5,6)/t13-,15+;/m0./s1. The summed E-state index contributed by atoms with van der Waals surface area (Å²) in [6.07, 6.45) is 5.18. The van der Waals surface area contributed by atoms with Crippen molar-refractivity contribution in [3.63, 3.8) is 0 Å². The summed E-state index contributed by atoms with van der Waals surface area (Å²) in [6.45, 7) is 2.59. The lowest BCUT2D eigenvalue weighted by atomic mass is 10.2. The summed E-state index contributed by atoms with van der Waals surface area (Å²) in [6, 6.07) is 1.57. The van der Waals surface area contributed by atoms with Crippen LogP contribution in [0.15, 0.2) is 17.1 Å². The second-order valence-electron chi connectivity index (χ2n) is 6.99. The van der Waals surface area contributed by atoms with E-state index in [0.717, 1.165) is 6.42 Å². The molecule has 1 aliphatic rings. The van der Waals surface area contributed by atoms with Crippen LogP contribution in [0.25, 0.3) is 0 Å². The number of nitrogens with two attached hydrogens (primary N) is 2. The molecule has 9 N–H and O–H groups in total. The summed E-state index contributed by atoms with van der Waals surface area (Å²) in [7, 11) is -16.2. The predicted molar refractivity (Wildman–Crippen MR) is 127 cm³/mol. The fourth-order valence-corrected chi connectivity index (χ4v) is 5.12. The maximum Gasteiger partial charge on any atom is 0.490 e. The van der Waals surface area contributed by atoms with Gasteiger partial charge < -0.3 is 54.9 Å². The summed E-state index contributed by atoms with van der Waals surface area (Å²) in [5.41, 5.74) is 10.4. The first-order valence-electron chi connectivity index (χ1n) is 10.4. The molecule has 2 atom stereocenters. The van der Waals surface area contributed by atoms with E-state index in [4.69, 9.17) is 54.9 Å². The zero-order valence-corrected chi connectivity index (χ0v) is 22.4. The van der Waals surface area contributed by atoms with E-state index < -0.39 is 29.2 Å². The van der Waals surface area contributed by atoms with Gasteiger partial charge in [-0.05, 0) is 24.8 Å². The average Bonchev–Trinajstić information content (AvgIpc) is 3.20. The molecule has 1 fully saturated rings. The van der Waals surface area contributed by atoms with E-state index in [0.29, 0.717) is 39.4 Å². The first kappa shape index (κ1) is 34.3. The molecule has 0 saturated carbocycles. The monoisotopic (exact) mass is 610 g/mol. The van der Waals surface area contributed by atoms with Gasteiger partial charge in [-0.1, -0.05) is 0 Å². The lowest BCUT2D eigenvalue weighted by Gasteiger charge is -2.14. The topological polar surface area (TPSA) is 295 Å². The van der Waals surface area contributed by atoms with E-state index in [-0.39, 0.29) is 24.8 Å². The molecular weight excluding hydrogens is 581 g/mol. The SMILES string of the molecule is NCCOCCOCC#COC[C@@H]1CC[C@H](n2ccc(N)nc2=O)O1.O=P(O)(O)OP(=O)(O)OP(=O)(O)O. The van der Waals surface area contributed by atoms with Gasteiger partial charge in [-0.15, -0.1) is 0 Å². The molecule has 0 unspecified atom stereocenters. The van der Waals surface area contributed by atoms with Crippen molar-refractivity contribution < 1.29 is 65.7 Å². The first-order chi connectivity index (χ1) is 17.6. The van der Waals surface area contributed by atoms with Crippen LogP contribution in [0.4, 0.5) is 5.82 Å². The molecule has 0 radical (unpaired) electrons. The normalized spacial score (nSPS) is 17.7. The number of nitrogens with zero attached hydrogens (tertiary/aromatic N) is 2. The van der Waals surface area contributed by atoms with Crippen LogP contribution in [-0.4, -0.2) is 79.7 Å². The lowest BCUT2D eigenvalue weighted by Crippen LogP contribution is -2.27. The third-order valence-electron chi connectivity index (χ3n) is 3.89. The highest BCUT2D eigenvalue weighted by atomic mass is 31.3. The maximum absolute atomic E-state index is 11.8. The molecule has 22 heteroatoms. The molecule has 0 bridgehead atoms. The molecule has 1 saturated heterocycles. The molecule has 2 heterocycles. The average molecular weight is 610 g/mol. The minimum atomic E-state index is -5.46. The molecule has 0 aromatic carbocycles. The summed E-state index contributed by atoms with van der Waals surface area (Å²) >= 11 is 0. The van der Waals surface area contributed by atoms with Crippen molar-refractivity contribution in [2.24, 2.45) is 5.73 Å². The number of aromatic nitrogens is 2. The zero-order valence-electron chi connectivity index (χ0n) is 19.7. The Balaban J connectivity index is 0.000000471. The maximum atomic E-state index is 11.8. The Labute approximate surface area is 216 Å². The molecule has 2 rings (SSSR count). The highest BCUT2D eigenvalue weighted by Crippen LogP contribution is 2.64. The van der Waals surface area contributed by atoms with Gasteiger partial charge in [-0.2, -0.15) is 13.6 Å². The third kappa shape index (κ3) is 16.3. The molecule has 0 aliphatic carbocycles. The Morgan fingerprint density at radius 3 is 2.26 bits per heavy atom. The van der Waals surface area contributed by atoms with Crippen LogP contribution in [0.5, 0.6) is 0 Å². The molecule has 1 aromatic heterocycles. The molecule has 0 amide bonds. The second kappa shape index (κ2) is 16.4. The second-order valence-corrected chi connectivity index (χ2v) is 11.2. The summed E-state index contributed by atoms with van der Waals surface area (Å²) in [5, 5.41) is 0. The van der Waals surface area contributed by atoms with Crippen molar-refractivity contribution in [1.29, 1.82) is 0 Å². The largest absolute Gasteiger partial charge is 0.490 e. The van der Waals surface area contributed by atoms with Crippen LogP contribution in [0.1, 0.15) is 19.1 Å². The van der Waals surface area contributed by atoms with Crippen molar-refractivity contribution in [3.8, 4) is 12.0 Å². The van der Waals surface area contributed by atoms with E-state index >= 15 is 0 Å². The van der Waals surface area contributed by atoms with Gasteiger partial charge in [-0.25, -0.2) is 18.5 Å². The first-order valence-corrected chi connectivity index (χ1v) is 15.0. The van der Waals surface area contributed by atoms with Gasteiger partial charge >= 0.3 is 29.2 Å². The Morgan fingerprint density at radius 1 is 1.05 bits per heavy atom. The Bertz CT molecular complexity index is 1100. The van der Waals surface area contributed by atoms with Crippen molar-refractivity contribution in [3.05, 3.63) is 22.7 Å². The quantitative estimate of drug-likeness (QED) is 0.0782. The fraction of sp³-hybridized carbons (Fsp3) is 0.625. The smallest absolute Gasteiger partial charge is 0.444 e. The number of ether oxygens (including phenoxy) is 4. The number of rotatable bonds is 13. The molecular formula is C16H29N4O15P3. The van der Waals surface area contributed by atoms with Gasteiger partial charge in [-0.3, -0.25) is 4.57 Å². The van der Waals surface area contributed by atoms with E-state index in [9.17, 15) is 18.5 Å². The van der Waals surface area contributed by atoms with Gasteiger partial charge in [0.2, 0.25) is 0 Å². The number of nitrogen functional groups attached to an aromatic ring is 1. The van der Waals surface area contributed by atoms with Crippen molar-refractivity contribution in [1.82, 2.24) is 9.55 Å². The van der Waals surface area contributed by atoms with Crippen molar-refractivity contribution >= 4 is 29.3 Å². The summed E-state index contributed by atoms with van der Waals surface area (Å²) < 4.78 is 59.3. The third-order valence-corrected chi connectivity index (χ3v) is 7.24. The van der Waals surface area contributed by atoms with Gasteiger partial charge in [0, 0.05) is 12.7 Å². The van der Waals surface area contributed by atoms with E-state index in [2.05, 4.69) is 25.6 Å². The van der Waals surface area contributed by atoms with Crippen molar-refractivity contribution in [2.45, 2.75) is 25.2 Å². The molecule has 0 spiro atoms. The van der Waals surface area contributed by atoms with E-state index in [1.807, 2.05) is 0 Å². The lowest BCUT2D eigenvalue weighted by molar-refractivity contribution is -0.0246. The number of phosphoric acid groups is 3. The summed E-state index contributed by atoms with van der Waals surface area (Å²) in [4.78, 5) is 55.7. The van der Waals surface area contributed by atoms with Crippen LogP contribution in [-0.2, 0) is 41.3 Å². The molecule has 38 heavy (non-hydrogen) atoms. The van der Waals surface area contributed by atoms with Crippen LogP contribution in [0, 0.1) is 12.0 Å². The van der Waals surface area contributed by atoms with E-state index in [1.54, 1.807) is 12.3 Å². The van der Waals surface area contributed by atoms with Crippen LogP contribution in [0.2, 0.25) is 0 Å². The fourth-order valence-electron chi connectivity index (χ4n) is 2.58. The van der Waals surface area contributed by atoms with Crippen molar-refractivity contribution in [2.75, 3.05) is 45.3 Å². The van der Waals surface area contributed by atoms with Crippen LogP contribution >= 0.6 is 23.5 Å². The minimum absolute atomic E-state index is 0.116. The Kier molecular flexibility index (Phi) is 14.8. The predicted octanol–water partition coefficient (Wildman–Crippen LogP) is -1.22. The number of anilines is 1. The van der Waals surface area contributed by atoms with Gasteiger partial charge in [0.25, 0.3) is 0 Å². The van der Waals surface area contributed by atoms with Crippen LogP contribution in [0.3, 0.4) is 0 Å². The molecule has 19 nitrogen and oxygen atoms in total. The van der Waals surface area contributed by atoms with Gasteiger partial charge in [0.1, 0.15) is 31.4 Å². The Morgan fingerprint density at radius 2 is 1.68 bits per heavy atom. The summed E-state index contributed by atoms with van der Waals surface area (Å²) in [5.74, 6) is 2.95. The highest BCUT2D eigenvalue weighted by molar-refractivity contribution is 7.66. The number of hydrogen-bond donors (Lipinski definition) is 7. The zero-order chi connectivity index (χ0) is 28.8. The molecule has 1 aliphatic heterocycles. The molecule has 218 valence electrons. The molecule has 1 aromatic rings. The highest BCUT2D eigenvalue weighted by Gasteiger charge is 2.38. The van der Waals surface area contributed by atoms with E-state index in [1.165, 1.54) is 4.57 Å². The minimum Gasteiger partial charge on any atom is -0.444 e. The van der Waals surface area contributed by atoms with Gasteiger partial charge in [0.05, 0.1) is 25.9 Å².